The Bertz CT molecular complexity index is 639. The van der Waals surface area contributed by atoms with E-state index in [0.29, 0.717) is 0 Å². The van der Waals surface area contributed by atoms with Gasteiger partial charge in [0.05, 0.1) is 19.8 Å². The minimum atomic E-state index is -1.92. The monoisotopic (exact) mass is 504 g/mol. The van der Waals surface area contributed by atoms with Gasteiger partial charge < -0.3 is 79.9 Å². The molecule has 200 valence electrons. The van der Waals surface area contributed by atoms with Gasteiger partial charge in [0.2, 0.25) is 0 Å². The molecule has 3 aliphatic heterocycles. The third kappa shape index (κ3) is 5.37. The summed E-state index contributed by atoms with van der Waals surface area (Å²) in [5.41, 5.74) is 0. The molecule has 0 amide bonds. The van der Waals surface area contributed by atoms with Crippen LogP contribution < -0.4 is 0 Å². The van der Waals surface area contributed by atoms with Gasteiger partial charge in [-0.2, -0.15) is 0 Å². The quantitative estimate of drug-likeness (QED) is 0.154. The second-order valence-corrected chi connectivity index (χ2v) is 8.33. The van der Waals surface area contributed by atoms with Crippen LogP contribution in [-0.2, 0) is 23.7 Å². The lowest BCUT2D eigenvalue weighted by molar-refractivity contribution is -0.382. The van der Waals surface area contributed by atoms with Crippen molar-refractivity contribution in [2.45, 2.75) is 92.1 Å². The molecule has 0 spiro atoms. The molecule has 15 atom stereocenters. The Morgan fingerprint density at radius 3 is 1.44 bits per heavy atom. The van der Waals surface area contributed by atoms with Gasteiger partial charge in [0.25, 0.3) is 0 Å². The van der Waals surface area contributed by atoms with E-state index in [1.54, 1.807) is 0 Å². The molecule has 3 heterocycles. The van der Waals surface area contributed by atoms with E-state index in [1.807, 2.05) is 0 Å². The molecule has 3 fully saturated rings. The fourth-order valence-electron chi connectivity index (χ4n) is 4.03. The zero-order chi connectivity index (χ0) is 25.3. The van der Waals surface area contributed by atoms with E-state index in [9.17, 15) is 51.1 Å². The van der Waals surface area contributed by atoms with Crippen LogP contribution in [0.1, 0.15) is 0 Å². The summed E-state index contributed by atoms with van der Waals surface area (Å²) in [6, 6.07) is 0. The lowest BCUT2D eigenvalue weighted by Crippen LogP contribution is -2.66. The molecular formula is C18H32O16. The van der Waals surface area contributed by atoms with Crippen molar-refractivity contribution < 1.29 is 79.9 Å². The summed E-state index contributed by atoms with van der Waals surface area (Å²) in [6.45, 7) is -2.30. The molecule has 16 heteroatoms. The molecule has 34 heavy (non-hydrogen) atoms. The third-order valence-electron chi connectivity index (χ3n) is 6.10. The van der Waals surface area contributed by atoms with Gasteiger partial charge in [-0.15, -0.1) is 0 Å². The molecule has 0 aromatic heterocycles. The highest BCUT2D eigenvalue weighted by molar-refractivity contribution is 4.96. The van der Waals surface area contributed by atoms with Crippen LogP contribution in [0.5, 0.6) is 0 Å². The van der Waals surface area contributed by atoms with E-state index < -0.39 is 112 Å². The molecule has 0 aliphatic carbocycles. The number of hydrogen-bond acceptors (Lipinski definition) is 16. The molecular weight excluding hydrogens is 472 g/mol. The number of aliphatic hydroxyl groups is 11. The van der Waals surface area contributed by atoms with Gasteiger partial charge in [0.15, 0.2) is 18.9 Å². The first-order valence-electron chi connectivity index (χ1n) is 10.6. The average molecular weight is 504 g/mol. The van der Waals surface area contributed by atoms with Gasteiger partial charge in [-0.3, -0.25) is 0 Å². The topological polar surface area (TPSA) is 269 Å². The Kier molecular flexibility index (Phi) is 9.54. The summed E-state index contributed by atoms with van der Waals surface area (Å²) in [4.78, 5) is 0. The van der Waals surface area contributed by atoms with E-state index in [1.165, 1.54) is 0 Å². The fourth-order valence-corrected chi connectivity index (χ4v) is 4.03. The summed E-state index contributed by atoms with van der Waals surface area (Å²) in [7, 11) is 0. The van der Waals surface area contributed by atoms with Crippen LogP contribution in [0.2, 0.25) is 0 Å². The second kappa shape index (κ2) is 11.6. The fraction of sp³-hybridized carbons (Fsp3) is 1.00. The van der Waals surface area contributed by atoms with Crippen molar-refractivity contribution in [1.29, 1.82) is 0 Å². The van der Waals surface area contributed by atoms with Crippen LogP contribution >= 0.6 is 0 Å². The van der Waals surface area contributed by atoms with Gasteiger partial charge in [0, 0.05) is 0 Å². The van der Waals surface area contributed by atoms with Gasteiger partial charge in [-0.1, -0.05) is 0 Å². The van der Waals surface area contributed by atoms with E-state index in [-0.39, 0.29) is 0 Å². The third-order valence-corrected chi connectivity index (χ3v) is 6.10. The number of ether oxygens (including phenoxy) is 5. The molecule has 0 aromatic rings. The molecule has 3 rings (SSSR count). The summed E-state index contributed by atoms with van der Waals surface area (Å²) in [5.74, 6) is 0. The predicted molar refractivity (Wildman–Crippen MR) is 101 cm³/mol. The molecule has 0 radical (unpaired) electrons. The molecule has 11 N–H and O–H groups in total. The van der Waals surface area contributed by atoms with Crippen LogP contribution in [0.25, 0.3) is 0 Å². The van der Waals surface area contributed by atoms with Crippen molar-refractivity contribution in [3.63, 3.8) is 0 Å². The molecule has 0 aromatic carbocycles. The summed E-state index contributed by atoms with van der Waals surface area (Å²) in [5, 5.41) is 110. The predicted octanol–water partition coefficient (Wildman–Crippen LogP) is -7.57. The molecule has 3 saturated heterocycles. The molecule has 0 unspecified atom stereocenters. The zero-order valence-corrected chi connectivity index (χ0v) is 17.7. The van der Waals surface area contributed by atoms with Gasteiger partial charge in [-0.25, -0.2) is 0 Å². The highest BCUT2D eigenvalue weighted by atomic mass is 16.8. The standard InChI is InChI=1S/C18H32O16/c19-1-4-8(23)11(26)15(16(29)30-4)34-18-13(28)14(9(24)6(3-21)32-18)33-17-12(27)10(25)7(22)5(2-20)31-17/h4-29H,1-3H2/t4-,5-,6-,7-,8-,9-,10+,11+,12-,13-,14+,15-,16-,17-,18+/m1/s1. The second-order valence-electron chi connectivity index (χ2n) is 8.33. The Hall–Kier alpha value is -0.640. The van der Waals surface area contributed by atoms with Crippen LogP contribution in [0.3, 0.4) is 0 Å². The number of hydrogen-bond donors (Lipinski definition) is 11. The van der Waals surface area contributed by atoms with Crippen LogP contribution in [0.4, 0.5) is 0 Å². The SMILES string of the molecule is OC[C@H]1O[C@H](O[C@@H]2[C@@H](O)[C@H](O[C@@H]3[C@@H](O)[C@H](O)[C@@H](CO)O[C@H]3O)O[C@H](CO)[C@H]2O)[C@H](O)[C@@H](O)[C@@H]1O. The average Bonchev–Trinajstić information content (AvgIpc) is 2.82. The van der Waals surface area contributed by atoms with Gasteiger partial charge in [0.1, 0.15) is 73.2 Å². The largest absolute Gasteiger partial charge is 0.394 e. The van der Waals surface area contributed by atoms with Crippen LogP contribution in [0, 0.1) is 0 Å². The number of rotatable bonds is 7. The lowest BCUT2D eigenvalue weighted by Gasteiger charge is -2.47. The lowest BCUT2D eigenvalue weighted by atomic mass is 9.96. The van der Waals surface area contributed by atoms with Crippen molar-refractivity contribution in [3.05, 3.63) is 0 Å². The Balaban J connectivity index is 1.76. The summed E-state index contributed by atoms with van der Waals surface area (Å²) >= 11 is 0. The zero-order valence-electron chi connectivity index (χ0n) is 17.7. The van der Waals surface area contributed by atoms with E-state index >= 15 is 0 Å². The molecule has 16 nitrogen and oxygen atoms in total. The number of aliphatic hydroxyl groups excluding tert-OH is 11. The minimum Gasteiger partial charge on any atom is -0.394 e. The minimum absolute atomic E-state index is 0.724. The highest BCUT2D eigenvalue weighted by Gasteiger charge is 2.53. The smallest absolute Gasteiger partial charge is 0.187 e. The highest BCUT2D eigenvalue weighted by Crippen LogP contribution is 2.32. The maximum atomic E-state index is 10.7. The molecule has 0 bridgehead atoms. The summed E-state index contributed by atoms with van der Waals surface area (Å²) < 4.78 is 26.2. The molecule has 0 saturated carbocycles. The van der Waals surface area contributed by atoms with Crippen molar-refractivity contribution in [2.24, 2.45) is 0 Å². The first kappa shape index (κ1) is 27.9. The van der Waals surface area contributed by atoms with Crippen LogP contribution in [0.15, 0.2) is 0 Å². The normalized spacial score (nSPS) is 52.5. The first-order valence-corrected chi connectivity index (χ1v) is 10.6. The maximum Gasteiger partial charge on any atom is 0.187 e. The molecule has 3 aliphatic rings. The van der Waals surface area contributed by atoms with Crippen molar-refractivity contribution in [3.8, 4) is 0 Å². The van der Waals surface area contributed by atoms with Crippen molar-refractivity contribution in [2.75, 3.05) is 19.8 Å². The van der Waals surface area contributed by atoms with Crippen LogP contribution in [-0.4, -0.2) is 168 Å². The van der Waals surface area contributed by atoms with Crippen molar-refractivity contribution >= 4 is 0 Å². The van der Waals surface area contributed by atoms with Crippen molar-refractivity contribution in [1.82, 2.24) is 0 Å². The van der Waals surface area contributed by atoms with E-state index in [4.69, 9.17) is 28.8 Å². The Labute approximate surface area is 192 Å². The van der Waals surface area contributed by atoms with E-state index in [0.717, 1.165) is 0 Å². The Morgan fingerprint density at radius 1 is 0.441 bits per heavy atom. The van der Waals surface area contributed by atoms with E-state index in [2.05, 4.69) is 0 Å². The summed E-state index contributed by atoms with van der Waals surface area (Å²) in [6.07, 6.45) is -25.5. The van der Waals surface area contributed by atoms with Gasteiger partial charge >= 0.3 is 0 Å². The Morgan fingerprint density at radius 2 is 0.882 bits per heavy atom. The first-order chi connectivity index (χ1) is 16.0. The maximum absolute atomic E-state index is 10.7. The van der Waals surface area contributed by atoms with Gasteiger partial charge in [-0.05, 0) is 0 Å².